The Labute approximate surface area is 101 Å². The minimum Gasteiger partial charge on any atom is -0.491 e. The van der Waals surface area contributed by atoms with Crippen molar-refractivity contribution in [1.29, 1.82) is 0 Å². The smallest absolute Gasteiger partial charge is 0.137 e. The minimum atomic E-state index is -0.516. The summed E-state index contributed by atoms with van der Waals surface area (Å²) in [6.07, 6.45) is 0.169. The van der Waals surface area contributed by atoms with Crippen LogP contribution in [-0.4, -0.2) is 11.7 Å². The van der Waals surface area contributed by atoms with Crippen molar-refractivity contribution in [3.8, 4) is 17.6 Å². The molecule has 2 nitrogen and oxygen atoms in total. The molecule has 0 aliphatic rings. The molecule has 0 heterocycles. The molecule has 1 atom stereocenters. The second-order valence-corrected chi connectivity index (χ2v) is 3.80. The van der Waals surface area contributed by atoms with Gasteiger partial charge in [-0.2, -0.15) is 0 Å². The third-order valence-corrected chi connectivity index (χ3v) is 2.40. The van der Waals surface area contributed by atoms with E-state index in [2.05, 4.69) is 11.8 Å². The second-order valence-electron chi connectivity index (χ2n) is 3.39. The molecule has 0 radical (unpaired) electrons. The van der Waals surface area contributed by atoms with Crippen molar-refractivity contribution in [2.24, 2.45) is 0 Å². The predicted molar refractivity (Wildman–Crippen MR) is 65.6 cm³/mol. The highest BCUT2D eigenvalue weighted by Crippen LogP contribution is 2.27. The lowest BCUT2D eigenvalue weighted by molar-refractivity contribution is 0.199. The molecule has 16 heavy (non-hydrogen) atoms. The first kappa shape index (κ1) is 12.9. The molecule has 1 aromatic rings. The summed E-state index contributed by atoms with van der Waals surface area (Å²) in [5.74, 6) is 6.33. The van der Waals surface area contributed by atoms with Gasteiger partial charge in [0.15, 0.2) is 0 Å². The first-order valence-corrected chi connectivity index (χ1v) is 5.53. The topological polar surface area (TPSA) is 29.5 Å². The number of hydrogen-bond acceptors (Lipinski definition) is 2. The third-order valence-electron chi connectivity index (χ3n) is 2.10. The van der Waals surface area contributed by atoms with Crippen LogP contribution < -0.4 is 4.74 Å². The van der Waals surface area contributed by atoms with Gasteiger partial charge in [0.05, 0.1) is 17.7 Å². The van der Waals surface area contributed by atoms with E-state index < -0.39 is 6.10 Å². The highest BCUT2D eigenvalue weighted by molar-refractivity contribution is 6.32. The zero-order valence-corrected chi connectivity index (χ0v) is 10.2. The van der Waals surface area contributed by atoms with Gasteiger partial charge in [0.2, 0.25) is 0 Å². The van der Waals surface area contributed by atoms with E-state index >= 15 is 0 Å². The summed E-state index contributed by atoms with van der Waals surface area (Å²) in [4.78, 5) is 0. The van der Waals surface area contributed by atoms with Crippen LogP contribution in [0.3, 0.4) is 0 Å². The molecule has 0 fully saturated rings. The summed E-state index contributed by atoms with van der Waals surface area (Å²) >= 11 is 6.01. The second kappa shape index (κ2) is 6.42. The molecule has 1 N–H and O–H groups in total. The first-order chi connectivity index (χ1) is 7.65. The maximum atomic E-state index is 9.37. The first-order valence-electron chi connectivity index (χ1n) is 5.15. The van der Waals surface area contributed by atoms with Crippen LogP contribution >= 0.6 is 11.6 Å². The van der Waals surface area contributed by atoms with E-state index in [4.69, 9.17) is 16.3 Å². The molecular formula is C13H15ClO2. The molecule has 0 aromatic heterocycles. The summed E-state index contributed by atoms with van der Waals surface area (Å²) in [7, 11) is 0. The standard InChI is InChI=1S/C13H15ClO2/c1-3-4-5-8-16-13-7-6-11(10(2)15)9-12(13)14/h6-7,9-10,15H,5,8H2,1-2H3/t10-/m0/s1. The lowest BCUT2D eigenvalue weighted by Crippen LogP contribution is -1.98. The number of ether oxygens (including phenoxy) is 1. The Bertz CT molecular complexity index is 402. The highest BCUT2D eigenvalue weighted by Gasteiger charge is 2.06. The van der Waals surface area contributed by atoms with Gasteiger partial charge >= 0.3 is 0 Å². The van der Waals surface area contributed by atoms with Gasteiger partial charge in [0.25, 0.3) is 0 Å². The Morgan fingerprint density at radius 1 is 1.50 bits per heavy atom. The van der Waals surface area contributed by atoms with Gasteiger partial charge in [-0.25, -0.2) is 0 Å². The Balaban J connectivity index is 2.63. The number of halogens is 1. The van der Waals surface area contributed by atoms with E-state index in [0.29, 0.717) is 23.8 Å². The molecule has 86 valence electrons. The summed E-state index contributed by atoms with van der Waals surface area (Å²) < 4.78 is 5.46. The normalized spacial score (nSPS) is 11.5. The SMILES string of the molecule is CC#CCCOc1ccc([C@H](C)O)cc1Cl. The number of hydrogen-bond donors (Lipinski definition) is 1. The maximum absolute atomic E-state index is 9.37. The van der Waals surface area contributed by atoms with Crippen LogP contribution in [0.4, 0.5) is 0 Å². The van der Waals surface area contributed by atoms with E-state index in [1.807, 2.05) is 0 Å². The molecular weight excluding hydrogens is 224 g/mol. The lowest BCUT2D eigenvalue weighted by Gasteiger charge is -2.09. The van der Waals surface area contributed by atoms with Crippen molar-refractivity contribution in [3.05, 3.63) is 28.8 Å². The number of aliphatic hydroxyl groups is 1. The molecule has 0 unspecified atom stereocenters. The van der Waals surface area contributed by atoms with Crippen molar-refractivity contribution in [2.45, 2.75) is 26.4 Å². The van der Waals surface area contributed by atoms with Gasteiger partial charge in [0, 0.05) is 6.42 Å². The van der Waals surface area contributed by atoms with Crippen molar-refractivity contribution in [3.63, 3.8) is 0 Å². The van der Waals surface area contributed by atoms with Gasteiger partial charge in [-0.1, -0.05) is 17.7 Å². The molecule has 0 amide bonds. The van der Waals surface area contributed by atoms with Crippen LogP contribution in [0.1, 0.15) is 31.9 Å². The summed E-state index contributed by atoms with van der Waals surface area (Å²) in [6.45, 7) is 4.02. The lowest BCUT2D eigenvalue weighted by atomic mass is 10.1. The Morgan fingerprint density at radius 3 is 2.81 bits per heavy atom. The molecule has 0 spiro atoms. The molecule has 0 aliphatic heterocycles. The van der Waals surface area contributed by atoms with Gasteiger partial charge in [-0.05, 0) is 31.5 Å². The number of rotatable bonds is 4. The molecule has 0 bridgehead atoms. The molecule has 1 rings (SSSR count). The minimum absolute atomic E-state index is 0.516. The molecule has 0 saturated carbocycles. The summed E-state index contributed by atoms with van der Waals surface area (Å²) in [5.41, 5.74) is 0.783. The fraction of sp³-hybridized carbons (Fsp3) is 0.385. The highest BCUT2D eigenvalue weighted by atomic mass is 35.5. The summed E-state index contributed by atoms with van der Waals surface area (Å²) in [6, 6.07) is 5.29. The predicted octanol–water partition coefficient (Wildman–Crippen LogP) is 3.19. The van der Waals surface area contributed by atoms with Crippen LogP contribution in [0, 0.1) is 11.8 Å². The van der Waals surface area contributed by atoms with E-state index in [1.165, 1.54) is 0 Å². The van der Waals surface area contributed by atoms with E-state index in [-0.39, 0.29) is 0 Å². The molecule has 0 saturated heterocycles. The van der Waals surface area contributed by atoms with Gasteiger partial charge < -0.3 is 9.84 Å². The summed E-state index contributed by atoms with van der Waals surface area (Å²) in [5, 5.41) is 9.88. The largest absolute Gasteiger partial charge is 0.491 e. The Morgan fingerprint density at radius 2 is 2.25 bits per heavy atom. The maximum Gasteiger partial charge on any atom is 0.137 e. The average molecular weight is 239 g/mol. The van der Waals surface area contributed by atoms with Crippen LogP contribution in [0.15, 0.2) is 18.2 Å². The van der Waals surface area contributed by atoms with Crippen LogP contribution in [-0.2, 0) is 0 Å². The fourth-order valence-corrected chi connectivity index (χ4v) is 1.47. The molecule has 0 aliphatic carbocycles. The average Bonchev–Trinajstić information content (AvgIpc) is 2.26. The van der Waals surface area contributed by atoms with Crippen molar-refractivity contribution < 1.29 is 9.84 Å². The number of benzene rings is 1. The van der Waals surface area contributed by atoms with Crippen LogP contribution in [0.25, 0.3) is 0 Å². The Kier molecular flexibility index (Phi) is 5.18. The van der Waals surface area contributed by atoms with E-state index in [0.717, 1.165) is 5.56 Å². The zero-order chi connectivity index (χ0) is 12.0. The monoisotopic (exact) mass is 238 g/mol. The molecule has 1 aromatic carbocycles. The van der Waals surface area contributed by atoms with Crippen molar-refractivity contribution in [1.82, 2.24) is 0 Å². The van der Waals surface area contributed by atoms with Crippen LogP contribution in [0.2, 0.25) is 5.02 Å². The Hall–Kier alpha value is -1.17. The van der Waals surface area contributed by atoms with Crippen LogP contribution in [0.5, 0.6) is 5.75 Å². The van der Waals surface area contributed by atoms with Crippen molar-refractivity contribution in [2.75, 3.05) is 6.61 Å². The zero-order valence-electron chi connectivity index (χ0n) is 9.46. The van der Waals surface area contributed by atoms with E-state index in [1.54, 1.807) is 32.0 Å². The van der Waals surface area contributed by atoms with Crippen molar-refractivity contribution >= 4 is 11.6 Å². The van der Waals surface area contributed by atoms with E-state index in [9.17, 15) is 5.11 Å². The molecule has 3 heteroatoms. The van der Waals surface area contributed by atoms with Gasteiger partial charge in [-0.15, -0.1) is 11.8 Å². The fourth-order valence-electron chi connectivity index (χ4n) is 1.23. The van der Waals surface area contributed by atoms with Gasteiger partial charge in [0.1, 0.15) is 5.75 Å². The quantitative estimate of drug-likeness (QED) is 0.645. The van der Waals surface area contributed by atoms with Gasteiger partial charge in [-0.3, -0.25) is 0 Å². The number of aliphatic hydroxyl groups excluding tert-OH is 1. The third kappa shape index (κ3) is 3.77.